The van der Waals surface area contributed by atoms with Gasteiger partial charge in [0.25, 0.3) is 0 Å². The summed E-state index contributed by atoms with van der Waals surface area (Å²) in [4.78, 5) is 14.8. The number of hydrogen-bond donors (Lipinski definition) is 0. The van der Waals surface area contributed by atoms with Gasteiger partial charge in [-0.3, -0.25) is 4.79 Å². The Morgan fingerprint density at radius 3 is 2.83 bits per heavy atom. The maximum atomic E-state index is 12.8. The molecule has 0 radical (unpaired) electrons. The van der Waals surface area contributed by atoms with Gasteiger partial charge >= 0.3 is 0 Å². The molecular formula is C19H25NO3. The Bertz CT molecular complexity index is 596. The minimum absolute atomic E-state index is 0.0953. The lowest BCUT2D eigenvalue weighted by atomic mass is 10.0. The van der Waals surface area contributed by atoms with E-state index in [-0.39, 0.29) is 11.9 Å². The van der Waals surface area contributed by atoms with Gasteiger partial charge < -0.3 is 14.4 Å². The van der Waals surface area contributed by atoms with Gasteiger partial charge in [-0.25, -0.2) is 0 Å². The van der Waals surface area contributed by atoms with Crippen LogP contribution in [0.1, 0.15) is 43.7 Å². The van der Waals surface area contributed by atoms with Crippen LogP contribution in [0.25, 0.3) is 0 Å². The quantitative estimate of drug-likeness (QED) is 0.777. The van der Waals surface area contributed by atoms with Gasteiger partial charge in [-0.15, -0.1) is 0 Å². The van der Waals surface area contributed by atoms with Gasteiger partial charge in [0.15, 0.2) is 0 Å². The number of ether oxygens (including phenoxy) is 2. The molecule has 1 heterocycles. The third kappa shape index (κ3) is 3.36. The Labute approximate surface area is 138 Å². The van der Waals surface area contributed by atoms with E-state index in [0.29, 0.717) is 12.3 Å². The van der Waals surface area contributed by atoms with Crippen molar-refractivity contribution in [3.05, 3.63) is 35.9 Å². The maximum Gasteiger partial charge on any atom is 0.223 e. The molecule has 1 aromatic rings. The summed E-state index contributed by atoms with van der Waals surface area (Å²) in [5, 5.41) is 0. The molecular weight excluding hydrogens is 290 g/mol. The van der Waals surface area contributed by atoms with Crippen LogP contribution in [0.2, 0.25) is 0 Å². The summed E-state index contributed by atoms with van der Waals surface area (Å²) in [6.45, 7) is 0.834. The second kappa shape index (κ2) is 7.07. The molecule has 1 aliphatic heterocycles. The van der Waals surface area contributed by atoms with E-state index in [0.717, 1.165) is 49.3 Å². The van der Waals surface area contributed by atoms with Gasteiger partial charge in [0, 0.05) is 18.5 Å². The number of benzene rings is 1. The van der Waals surface area contributed by atoms with Crippen LogP contribution in [0.4, 0.5) is 0 Å². The molecule has 2 unspecified atom stereocenters. The molecule has 0 aromatic heterocycles. The molecule has 1 aromatic carbocycles. The molecule has 1 aliphatic carbocycles. The standard InChI is InChI=1S/C19H25NO3/c1-22-15-9-10-18(23-2)16(13-15)17-8-5-11-20(17)19(21)12-14-6-3-4-7-14/h3,6,9-10,13-14,17H,4-5,7-8,11-12H2,1-2H3. The number of methoxy groups -OCH3 is 2. The molecule has 4 heteroatoms. The first kappa shape index (κ1) is 15.9. The Kier molecular flexibility index (Phi) is 4.89. The van der Waals surface area contributed by atoms with Gasteiger partial charge in [0.2, 0.25) is 5.91 Å². The van der Waals surface area contributed by atoms with Gasteiger partial charge in [-0.1, -0.05) is 12.2 Å². The van der Waals surface area contributed by atoms with Gasteiger partial charge in [0.05, 0.1) is 20.3 Å². The lowest BCUT2D eigenvalue weighted by molar-refractivity contribution is -0.132. The first-order valence-electron chi connectivity index (χ1n) is 8.41. The fourth-order valence-electron chi connectivity index (χ4n) is 3.70. The van der Waals surface area contributed by atoms with Crippen molar-refractivity contribution < 1.29 is 14.3 Å². The molecule has 0 saturated carbocycles. The lowest BCUT2D eigenvalue weighted by Gasteiger charge is -2.27. The summed E-state index contributed by atoms with van der Waals surface area (Å²) in [6.07, 6.45) is 9.23. The third-order valence-electron chi connectivity index (χ3n) is 4.92. The van der Waals surface area contributed by atoms with Gasteiger partial charge in [-0.05, 0) is 49.8 Å². The number of allylic oxidation sites excluding steroid dienone is 2. The molecule has 1 fully saturated rings. The number of nitrogens with zero attached hydrogens (tertiary/aromatic N) is 1. The van der Waals surface area contributed by atoms with Crippen molar-refractivity contribution in [3.8, 4) is 11.5 Å². The van der Waals surface area contributed by atoms with E-state index in [2.05, 4.69) is 12.2 Å². The van der Waals surface area contributed by atoms with Crippen LogP contribution in [-0.4, -0.2) is 31.6 Å². The average molecular weight is 315 g/mol. The highest BCUT2D eigenvalue weighted by molar-refractivity contribution is 5.77. The van der Waals surface area contributed by atoms with E-state index >= 15 is 0 Å². The highest BCUT2D eigenvalue weighted by Gasteiger charge is 2.32. The topological polar surface area (TPSA) is 38.8 Å². The van der Waals surface area contributed by atoms with E-state index in [1.165, 1.54) is 0 Å². The van der Waals surface area contributed by atoms with Crippen molar-refractivity contribution in [1.82, 2.24) is 4.90 Å². The molecule has 0 spiro atoms. The van der Waals surface area contributed by atoms with Crippen LogP contribution in [0, 0.1) is 5.92 Å². The number of amides is 1. The second-order valence-electron chi connectivity index (χ2n) is 6.32. The van der Waals surface area contributed by atoms with Crippen molar-refractivity contribution in [2.24, 2.45) is 5.92 Å². The van der Waals surface area contributed by atoms with Crippen LogP contribution < -0.4 is 9.47 Å². The molecule has 4 nitrogen and oxygen atoms in total. The van der Waals surface area contributed by atoms with E-state index in [1.807, 2.05) is 23.1 Å². The summed E-state index contributed by atoms with van der Waals surface area (Å²) < 4.78 is 10.9. The van der Waals surface area contributed by atoms with Crippen molar-refractivity contribution in [3.63, 3.8) is 0 Å². The molecule has 0 N–H and O–H groups in total. The summed E-state index contributed by atoms with van der Waals surface area (Å²) in [5.74, 6) is 2.31. The molecule has 3 rings (SSSR count). The van der Waals surface area contributed by atoms with Crippen molar-refractivity contribution in [1.29, 1.82) is 0 Å². The fourth-order valence-corrected chi connectivity index (χ4v) is 3.70. The number of rotatable bonds is 5. The predicted molar refractivity (Wildman–Crippen MR) is 89.7 cm³/mol. The highest BCUT2D eigenvalue weighted by atomic mass is 16.5. The highest BCUT2D eigenvalue weighted by Crippen LogP contribution is 2.39. The van der Waals surface area contributed by atoms with Crippen molar-refractivity contribution >= 4 is 5.91 Å². The van der Waals surface area contributed by atoms with Crippen molar-refractivity contribution in [2.75, 3.05) is 20.8 Å². The van der Waals surface area contributed by atoms with E-state index < -0.39 is 0 Å². The minimum Gasteiger partial charge on any atom is -0.497 e. The zero-order valence-electron chi connectivity index (χ0n) is 14.0. The molecule has 124 valence electrons. The average Bonchev–Trinajstić information content (AvgIpc) is 3.25. The smallest absolute Gasteiger partial charge is 0.223 e. The first-order valence-corrected chi connectivity index (χ1v) is 8.41. The summed E-state index contributed by atoms with van der Waals surface area (Å²) in [5.41, 5.74) is 1.06. The maximum absolute atomic E-state index is 12.8. The Morgan fingerprint density at radius 1 is 1.26 bits per heavy atom. The number of hydrogen-bond acceptors (Lipinski definition) is 3. The van der Waals surface area contributed by atoms with Gasteiger partial charge in [0.1, 0.15) is 11.5 Å². The Hall–Kier alpha value is -1.97. The SMILES string of the molecule is COc1ccc(OC)c(C2CCCN2C(=O)CC2C=CCC2)c1. The van der Waals surface area contributed by atoms with Crippen LogP contribution in [0.15, 0.2) is 30.4 Å². The summed E-state index contributed by atoms with van der Waals surface area (Å²) in [7, 11) is 3.34. The first-order chi connectivity index (χ1) is 11.2. The fraction of sp³-hybridized carbons (Fsp3) is 0.526. The number of likely N-dealkylation sites (tertiary alicyclic amines) is 1. The number of carbonyl (C=O) groups excluding carboxylic acids is 1. The normalized spacial score (nSPS) is 23.3. The second-order valence-corrected chi connectivity index (χ2v) is 6.32. The predicted octanol–water partition coefficient (Wildman–Crippen LogP) is 3.72. The Morgan fingerprint density at radius 2 is 2.13 bits per heavy atom. The van der Waals surface area contributed by atoms with Crippen molar-refractivity contribution in [2.45, 2.75) is 38.1 Å². The molecule has 0 bridgehead atoms. The van der Waals surface area contributed by atoms with E-state index in [1.54, 1.807) is 14.2 Å². The summed E-state index contributed by atoms with van der Waals surface area (Å²) in [6, 6.07) is 5.92. The van der Waals surface area contributed by atoms with Gasteiger partial charge in [-0.2, -0.15) is 0 Å². The lowest BCUT2D eigenvalue weighted by Crippen LogP contribution is -2.31. The zero-order chi connectivity index (χ0) is 16.2. The van der Waals surface area contributed by atoms with Crippen LogP contribution in [0.5, 0.6) is 11.5 Å². The van der Waals surface area contributed by atoms with Crippen LogP contribution in [0.3, 0.4) is 0 Å². The van der Waals surface area contributed by atoms with E-state index in [4.69, 9.17) is 9.47 Å². The molecule has 1 saturated heterocycles. The van der Waals surface area contributed by atoms with Crippen LogP contribution >= 0.6 is 0 Å². The largest absolute Gasteiger partial charge is 0.497 e. The molecule has 2 aliphatic rings. The molecule has 2 atom stereocenters. The minimum atomic E-state index is 0.0953. The zero-order valence-corrected chi connectivity index (χ0v) is 14.0. The van der Waals surface area contributed by atoms with E-state index in [9.17, 15) is 4.79 Å². The third-order valence-corrected chi connectivity index (χ3v) is 4.92. The van der Waals surface area contributed by atoms with Crippen LogP contribution in [-0.2, 0) is 4.79 Å². The molecule has 1 amide bonds. The Balaban J connectivity index is 1.80. The summed E-state index contributed by atoms with van der Waals surface area (Å²) >= 11 is 0. The monoisotopic (exact) mass is 315 g/mol. The number of carbonyl (C=O) groups is 1. The molecule has 23 heavy (non-hydrogen) atoms.